The highest BCUT2D eigenvalue weighted by Crippen LogP contribution is 2.27. The van der Waals surface area contributed by atoms with Crippen molar-refractivity contribution in [2.45, 2.75) is 43.9 Å². The lowest BCUT2D eigenvalue weighted by Crippen LogP contribution is -2.36. The fraction of sp³-hybridized carbons (Fsp3) is 0.409. The van der Waals surface area contributed by atoms with Gasteiger partial charge in [-0.15, -0.1) is 0 Å². The summed E-state index contributed by atoms with van der Waals surface area (Å²) in [6.45, 7) is 3.31. The van der Waals surface area contributed by atoms with E-state index in [1.807, 2.05) is 0 Å². The van der Waals surface area contributed by atoms with Gasteiger partial charge in [-0.1, -0.05) is 31.9 Å². The maximum absolute atomic E-state index is 14.4. The summed E-state index contributed by atoms with van der Waals surface area (Å²) in [6.07, 6.45) is 4.32. The summed E-state index contributed by atoms with van der Waals surface area (Å²) >= 11 is 0. The lowest BCUT2D eigenvalue weighted by Gasteiger charge is -2.26. The van der Waals surface area contributed by atoms with Crippen molar-refractivity contribution < 1.29 is 22.3 Å². The van der Waals surface area contributed by atoms with Gasteiger partial charge in [0.15, 0.2) is 0 Å². The quantitative estimate of drug-likeness (QED) is 0.624. The number of para-hydroxylation sites is 2. The van der Waals surface area contributed by atoms with E-state index in [9.17, 15) is 17.6 Å². The Balaban J connectivity index is 1.82. The van der Waals surface area contributed by atoms with E-state index in [0.717, 1.165) is 44.2 Å². The number of hydrogen-bond donors (Lipinski definition) is 1. The van der Waals surface area contributed by atoms with Crippen LogP contribution in [0.2, 0.25) is 0 Å². The first-order valence-corrected chi connectivity index (χ1v) is 11.7. The smallest absolute Gasteiger partial charge is 0.255 e. The van der Waals surface area contributed by atoms with Crippen molar-refractivity contribution in [1.29, 1.82) is 0 Å². The molecule has 8 heteroatoms. The van der Waals surface area contributed by atoms with Gasteiger partial charge < -0.3 is 10.1 Å². The summed E-state index contributed by atoms with van der Waals surface area (Å²) in [4.78, 5) is 12.3. The van der Waals surface area contributed by atoms with Crippen LogP contribution in [-0.2, 0) is 10.0 Å². The molecule has 0 aromatic heterocycles. The standard InChI is InChI=1S/C22H27FN2O4S/c1-2-3-15-29-20-10-6-5-9-19(20)24-22(26)17-11-12-18(23)21(16-17)30(27,28)25-13-7-4-8-14-25/h5-6,9-12,16H,2-4,7-8,13-15H2,1H3,(H,24,26). The molecule has 1 heterocycles. The molecular formula is C22H27FN2O4S. The number of anilines is 1. The SMILES string of the molecule is CCCCOc1ccccc1NC(=O)c1ccc(F)c(S(=O)(=O)N2CCCCC2)c1. The number of carbonyl (C=O) groups is 1. The van der Waals surface area contributed by atoms with Crippen molar-refractivity contribution in [3.05, 3.63) is 53.8 Å². The Bertz CT molecular complexity index is 988. The Morgan fingerprint density at radius 1 is 1.13 bits per heavy atom. The van der Waals surface area contributed by atoms with Gasteiger partial charge in [0.25, 0.3) is 5.91 Å². The van der Waals surface area contributed by atoms with Gasteiger partial charge in [0.2, 0.25) is 10.0 Å². The van der Waals surface area contributed by atoms with Crippen LogP contribution in [0.1, 0.15) is 49.4 Å². The molecular weight excluding hydrogens is 407 g/mol. The van der Waals surface area contributed by atoms with Crippen LogP contribution in [-0.4, -0.2) is 38.3 Å². The van der Waals surface area contributed by atoms with E-state index in [0.29, 0.717) is 31.1 Å². The topological polar surface area (TPSA) is 75.7 Å². The van der Waals surface area contributed by atoms with E-state index in [4.69, 9.17) is 4.74 Å². The van der Waals surface area contributed by atoms with Crippen molar-refractivity contribution in [3.63, 3.8) is 0 Å². The summed E-state index contributed by atoms with van der Waals surface area (Å²) in [7, 11) is -3.99. The first kappa shape index (κ1) is 22.2. The van der Waals surface area contributed by atoms with Gasteiger partial charge in [0.05, 0.1) is 12.3 Å². The molecule has 0 aliphatic carbocycles. The van der Waals surface area contributed by atoms with E-state index in [1.54, 1.807) is 24.3 Å². The minimum absolute atomic E-state index is 0.0651. The molecule has 0 unspecified atom stereocenters. The summed E-state index contributed by atoms with van der Waals surface area (Å²) < 4.78 is 47.1. The molecule has 30 heavy (non-hydrogen) atoms. The Labute approximate surface area is 177 Å². The van der Waals surface area contributed by atoms with Crippen molar-refractivity contribution in [2.24, 2.45) is 0 Å². The normalized spacial score (nSPS) is 15.0. The minimum atomic E-state index is -3.99. The molecule has 3 rings (SSSR count). The van der Waals surface area contributed by atoms with Crippen LogP contribution in [0.4, 0.5) is 10.1 Å². The minimum Gasteiger partial charge on any atom is -0.491 e. The number of hydrogen-bond acceptors (Lipinski definition) is 4. The zero-order valence-electron chi connectivity index (χ0n) is 17.1. The monoisotopic (exact) mass is 434 g/mol. The number of halogens is 1. The number of nitrogens with zero attached hydrogens (tertiary/aromatic N) is 1. The number of carbonyl (C=O) groups excluding carboxylic acids is 1. The Hall–Kier alpha value is -2.45. The summed E-state index contributed by atoms with van der Waals surface area (Å²) in [5, 5.41) is 2.74. The first-order valence-electron chi connectivity index (χ1n) is 10.3. The van der Waals surface area contributed by atoms with Crippen LogP contribution in [0.15, 0.2) is 47.4 Å². The molecule has 1 saturated heterocycles. The molecule has 0 atom stereocenters. The van der Waals surface area contributed by atoms with E-state index >= 15 is 0 Å². The largest absolute Gasteiger partial charge is 0.491 e. The van der Waals surface area contributed by atoms with Crippen LogP contribution in [0.25, 0.3) is 0 Å². The lowest BCUT2D eigenvalue weighted by atomic mass is 10.2. The number of nitrogens with one attached hydrogen (secondary N) is 1. The number of benzene rings is 2. The lowest BCUT2D eigenvalue weighted by molar-refractivity contribution is 0.102. The number of ether oxygens (including phenoxy) is 1. The number of piperidine rings is 1. The first-order chi connectivity index (χ1) is 14.4. The fourth-order valence-corrected chi connectivity index (χ4v) is 4.91. The van der Waals surface area contributed by atoms with Gasteiger partial charge in [-0.3, -0.25) is 4.79 Å². The summed E-state index contributed by atoms with van der Waals surface area (Å²) in [5.74, 6) is -0.861. The zero-order chi connectivity index (χ0) is 21.6. The zero-order valence-corrected chi connectivity index (χ0v) is 17.9. The fourth-order valence-electron chi connectivity index (χ4n) is 3.30. The highest BCUT2D eigenvalue weighted by Gasteiger charge is 2.29. The molecule has 1 aliphatic heterocycles. The van der Waals surface area contributed by atoms with Gasteiger partial charge in [-0.05, 0) is 49.6 Å². The molecule has 1 aliphatic rings. The van der Waals surface area contributed by atoms with Gasteiger partial charge in [-0.2, -0.15) is 4.31 Å². The molecule has 0 spiro atoms. The summed E-state index contributed by atoms with van der Waals surface area (Å²) in [5.41, 5.74) is 0.540. The van der Waals surface area contributed by atoms with Crippen molar-refractivity contribution in [2.75, 3.05) is 25.0 Å². The van der Waals surface area contributed by atoms with Crippen LogP contribution < -0.4 is 10.1 Å². The molecule has 0 saturated carbocycles. The van der Waals surface area contributed by atoms with Crippen molar-refractivity contribution in [1.82, 2.24) is 4.31 Å². The highest BCUT2D eigenvalue weighted by molar-refractivity contribution is 7.89. The second kappa shape index (κ2) is 10.0. The van der Waals surface area contributed by atoms with E-state index < -0.39 is 26.6 Å². The maximum Gasteiger partial charge on any atom is 0.255 e. The van der Waals surface area contributed by atoms with Gasteiger partial charge >= 0.3 is 0 Å². The predicted molar refractivity (Wildman–Crippen MR) is 114 cm³/mol. The van der Waals surface area contributed by atoms with E-state index in [-0.39, 0.29) is 5.56 Å². The highest BCUT2D eigenvalue weighted by atomic mass is 32.2. The number of unbranched alkanes of at least 4 members (excludes halogenated alkanes) is 1. The van der Waals surface area contributed by atoms with Crippen molar-refractivity contribution >= 4 is 21.6 Å². The molecule has 2 aromatic rings. The third kappa shape index (κ3) is 5.17. The second-order valence-electron chi connectivity index (χ2n) is 7.26. The second-order valence-corrected chi connectivity index (χ2v) is 9.17. The summed E-state index contributed by atoms with van der Waals surface area (Å²) in [6, 6.07) is 10.4. The van der Waals surface area contributed by atoms with Crippen molar-refractivity contribution in [3.8, 4) is 5.75 Å². The third-order valence-corrected chi connectivity index (χ3v) is 6.93. The molecule has 162 valence electrons. The van der Waals surface area contributed by atoms with Crippen LogP contribution in [0, 0.1) is 5.82 Å². The number of amides is 1. The Kier molecular flexibility index (Phi) is 7.44. The van der Waals surface area contributed by atoms with Gasteiger partial charge in [0, 0.05) is 18.7 Å². The molecule has 1 amide bonds. The average molecular weight is 435 g/mol. The molecule has 0 bridgehead atoms. The Morgan fingerprint density at radius 3 is 2.60 bits per heavy atom. The van der Waals surface area contributed by atoms with Gasteiger partial charge in [-0.25, -0.2) is 12.8 Å². The molecule has 1 fully saturated rings. The van der Waals surface area contributed by atoms with Crippen LogP contribution in [0.3, 0.4) is 0 Å². The average Bonchev–Trinajstić information content (AvgIpc) is 2.76. The van der Waals surface area contributed by atoms with E-state index in [1.165, 1.54) is 10.4 Å². The predicted octanol–water partition coefficient (Wildman–Crippen LogP) is 4.43. The van der Waals surface area contributed by atoms with E-state index in [2.05, 4.69) is 12.2 Å². The van der Waals surface area contributed by atoms with Crippen LogP contribution in [0.5, 0.6) is 5.75 Å². The number of rotatable bonds is 8. The van der Waals surface area contributed by atoms with Crippen LogP contribution >= 0.6 is 0 Å². The molecule has 2 aromatic carbocycles. The Morgan fingerprint density at radius 2 is 1.87 bits per heavy atom. The molecule has 0 radical (unpaired) electrons. The van der Waals surface area contributed by atoms with Gasteiger partial charge in [0.1, 0.15) is 16.5 Å². The third-order valence-electron chi connectivity index (χ3n) is 5.02. The molecule has 1 N–H and O–H groups in total. The maximum atomic E-state index is 14.4. The number of sulfonamides is 1. The molecule has 6 nitrogen and oxygen atoms in total.